The minimum atomic E-state index is -0.253. The standard InChI is InChI=1S/C18H18N4O5S/c1-24-13-8-11(9-14(25-2)16(13)26-3)20-15(23)10-28-18-22-21-17(27-18)12-6-4-5-7-19-12/h4-9H,10H2,1-3H3,(H,20,23). The number of benzene rings is 1. The molecule has 3 rings (SSSR count). The fourth-order valence-corrected chi connectivity index (χ4v) is 2.90. The van der Waals surface area contributed by atoms with Gasteiger partial charge in [-0.1, -0.05) is 17.8 Å². The van der Waals surface area contributed by atoms with Gasteiger partial charge in [0.2, 0.25) is 11.7 Å². The molecule has 0 spiro atoms. The van der Waals surface area contributed by atoms with Crippen molar-refractivity contribution in [3.8, 4) is 28.8 Å². The van der Waals surface area contributed by atoms with E-state index < -0.39 is 0 Å². The second-order valence-electron chi connectivity index (χ2n) is 5.34. The largest absolute Gasteiger partial charge is 0.493 e. The summed E-state index contributed by atoms with van der Waals surface area (Å²) in [5, 5.41) is 10.9. The van der Waals surface area contributed by atoms with E-state index in [1.807, 2.05) is 6.07 Å². The summed E-state index contributed by atoms with van der Waals surface area (Å²) in [5.74, 6) is 1.47. The second kappa shape index (κ2) is 9.09. The predicted octanol–water partition coefficient (Wildman–Crippen LogP) is 2.89. The molecule has 3 aromatic rings. The van der Waals surface area contributed by atoms with Gasteiger partial charge in [0.15, 0.2) is 11.5 Å². The van der Waals surface area contributed by atoms with Gasteiger partial charge in [-0.3, -0.25) is 9.78 Å². The quantitative estimate of drug-likeness (QED) is 0.569. The Balaban J connectivity index is 1.63. The van der Waals surface area contributed by atoms with Crippen LogP contribution in [-0.2, 0) is 4.79 Å². The first-order chi connectivity index (χ1) is 13.6. The first-order valence-corrected chi connectivity index (χ1v) is 9.10. The van der Waals surface area contributed by atoms with Crippen LogP contribution < -0.4 is 19.5 Å². The summed E-state index contributed by atoms with van der Waals surface area (Å²) < 4.78 is 21.3. The van der Waals surface area contributed by atoms with Crippen LogP contribution in [0.25, 0.3) is 11.6 Å². The van der Waals surface area contributed by atoms with Crippen LogP contribution >= 0.6 is 11.8 Å². The molecular weight excluding hydrogens is 384 g/mol. The molecule has 0 saturated heterocycles. The van der Waals surface area contributed by atoms with Crippen LogP contribution in [0.5, 0.6) is 17.2 Å². The minimum Gasteiger partial charge on any atom is -0.493 e. The van der Waals surface area contributed by atoms with Gasteiger partial charge >= 0.3 is 0 Å². The highest BCUT2D eigenvalue weighted by molar-refractivity contribution is 7.99. The van der Waals surface area contributed by atoms with E-state index in [-0.39, 0.29) is 16.9 Å². The van der Waals surface area contributed by atoms with E-state index >= 15 is 0 Å². The molecule has 0 aliphatic rings. The van der Waals surface area contributed by atoms with Crippen LogP contribution in [0.2, 0.25) is 0 Å². The SMILES string of the molecule is COc1cc(NC(=O)CSc2nnc(-c3ccccn3)o2)cc(OC)c1OC. The highest BCUT2D eigenvalue weighted by Crippen LogP contribution is 2.40. The van der Waals surface area contributed by atoms with Crippen molar-refractivity contribution in [2.24, 2.45) is 0 Å². The maximum atomic E-state index is 12.3. The lowest BCUT2D eigenvalue weighted by Gasteiger charge is -2.14. The summed E-state index contributed by atoms with van der Waals surface area (Å²) in [6.45, 7) is 0. The van der Waals surface area contributed by atoms with Crippen molar-refractivity contribution in [3.05, 3.63) is 36.5 Å². The molecule has 146 valence electrons. The van der Waals surface area contributed by atoms with Gasteiger partial charge in [-0.05, 0) is 12.1 Å². The first kappa shape index (κ1) is 19.5. The van der Waals surface area contributed by atoms with E-state index in [0.717, 1.165) is 11.8 Å². The van der Waals surface area contributed by atoms with Gasteiger partial charge in [0, 0.05) is 24.0 Å². The summed E-state index contributed by atoms with van der Waals surface area (Å²) in [5.41, 5.74) is 1.09. The summed E-state index contributed by atoms with van der Waals surface area (Å²) in [4.78, 5) is 16.4. The zero-order chi connectivity index (χ0) is 19.9. The van der Waals surface area contributed by atoms with E-state index in [0.29, 0.717) is 34.5 Å². The average molecular weight is 402 g/mol. The van der Waals surface area contributed by atoms with Gasteiger partial charge in [-0.15, -0.1) is 10.2 Å². The third kappa shape index (κ3) is 4.52. The number of nitrogens with zero attached hydrogens (tertiary/aromatic N) is 3. The summed E-state index contributed by atoms with van der Waals surface area (Å²) in [6, 6.07) is 8.68. The molecule has 2 heterocycles. The Morgan fingerprint density at radius 3 is 2.46 bits per heavy atom. The van der Waals surface area contributed by atoms with E-state index in [9.17, 15) is 4.79 Å². The molecule has 0 aliphatic carbocycles. The third-order valence-electron chi connectivity index (χ3n) is 3.57. The van der Waals surface area contributed by atoms with Crippen molar-refractivity contribution < 1.29 is 23.4 Å². The molecule has 28 heavy (non-hydrogen) atoms. The monoisotopic (exact) mass is 402 g/mol. The Bertz CT molecular complexity index is 923. The van der Waals surface area contributed by atoms with Crippen LogP contribution in [-0.4, -0.2) is 48.2 Å². The molecule has 1 amide bonds. The summed E-state index contributed by atoms with van der Waals surface area (Å²) in [6.07, 6.45) is 1.64. The summed E-state index contributed by atoms with van der Waals surface area (Å²) in [7, 11) is 4.53. The normalized spacial score (nSPS) is 10.4. The van der Waals surface area contributed by atoms with E-state index in [2.05, 4.69) is 20.5 Å². The van der Waals surface area contributed by atoms with Crippen LogP contribution in [0.15, 0.2) is 46.2 Å². The number of carbonyl (C=O) groups excluding carboxylic acids is 1. The number of hydrogen-bond acceptors (Lipinski definition) is 9. The van der Waals surface area contributed by atoms with Gasteiger partial charge in [0.25, 0.3) is 11.1 Å². The topological polar surface area (TPSA) is 109 Å². The van der Waals surface area contributed by atoms with Crippen molar-refractivity contribution in [1.29, 1.82) is 0 Å². The third-order valence-corrected chi connectivity index (χ3v) is 4.38. The lowest BCUT2D eigenvalue weighted by atomic mass is 10.2. The number of methoxy groups -OCH3 is 3. The average Bonchev–Trinajstić information content (AvgIpc) is 3.21. The van der Waals surface area contributed by atoms with E-state index in [1.165, 1.54) is 21.3 Å². The lowest BCUT2D eigenvalue weighted by molar-refractivity contribution is -0.113. The first-order valence-electron chi connectivity index (χ1n) is 8.12. The van der Waals surface area contributed by atoms with Crippen LogP contribution in [0.1, 0.15) is 0 Å². The molecule has 1 N–H and O–H groups in total. The van der Waals surface area contributed by atoms with E-state index in [1.54, 1.807) is 30.5 Å². The highest BCUT2D eigenvalue weighted by atomic mass is 32.2. The fourth-order valence-electron chi connectivity index (χ4n) is 2.34. The molecule has 10 heteroatoms. The maximum Gasteiger partial charge on any atom is 0.277 e. The van der Waals surface area contributed by atoms with E-state index in [4.69, 9.17) is 18.6 Å². The zero-order valence-corrected chi connectivity index (χ0v) is 16.3. The Labute approximate surface area is 165 Å². The second-order valence-corrected chi connectivity index (χ2v) is 6.27. The Kier molecular flexibility index (Phi) is 6.33. The van der Waals surface area contributed by atoms with Crippen molar-refractivity contribution >= 4 is 23.4 Å². The number of hydrogen-bond donors (Lipinski definition) is 1. The number of anilines is 1. The van der Waals surface area contributed by atoms with Gasteiger partial charge in [-0.25, -0.2) is 0 Å². The number of carbonyl (C=O) groups is 1. The van der Waals surface area contributed by atoms with Crippen LogP contribution in [0, 0.1) is 0 Å². The molecule has 0 aliphatic heterocycles. The molecule has 0 bridgehead atoms. The Morgan fingerprint density at radius 1 is 1.11 bits per heavy atom. The molecular formula is C18H18N4O5S. The minimum absolute atomic E-state index is 0.0838. The van der Waals surface area contributed by atoms with Gasteiger partial charge in [0.05, 0.1) is 27.1 Å². The lowest BCUT2D eigenvalue weighted by Crippen LogP contribution is -2.14. The van der Waals surface area contributed by atoms with Crippen molar-refractivity contribution in [3.63, 3.8) is 0 Å². The molecule has 0 radical (unpaired) electrons. The maximum absolute atomic E-state index is 12.3. The number of aromatic nitrogens is 3. The Morgan fingerprint density at radius 2 is 1.86 bits per heavy atom. The predicted molar refractivity (Wildman–Crippen MR) is 103 cm³/mol. The van der Waals surface area contributed by atoms with Crippen molar-refractivity contribution in [1.82, 2.24) is 15.2 Å². The molecule has 9 nitrogen and oxygen atoms in total. The molecule has 0 unspecified atom stereocenters. The molecule has 0 fully saturated rings. The highest BCUT2D eigenvalue weighted by Gasteiger charge is 2.16. The number of rotatable bonds is 8. The van der Waals surface area contributed by atoms with Crippen molar-refractivity contribution in [2.45, 2.75) is 5.22 Å². The van der Waals surface area contributed by atoms with Crippen LogP contribution in [0.3, 0.4) is 0 Å². The van der Waals surface area contributed by atoms with Gasteiger partial charge < -0.3 is 23.9 Å². The van der Waals surface area contributed by atoms with Gasteiger partial charge in [-0.2, -0.15) is 0 Å². The summed E-state index contributed by atoms with van der Waals surface area (Å²) >= 11 is 1.12. The number of pyridine rings is 1. The van der Waals surface area contributed by atoms with Crippen molar-refractivity contribution in [2.75, 3.05) is 32.4 Å². The molecule has 0 atom stereocenters. The Hall–Kier alpha value is -3.27. The number of thioether (sulfide) groups is 1. The zero-order valence-electron chi connectivity index (χ0n) is 15.5. The number of amides is 1. The number of nitrogens with one attached hydrogen (secondary N) is 1. The molecule has 1 aromatic carbocycles. The van der Waals surface area contributed by atoms with Gasteiger partial charge in [0.1, 0.15) is 5.69 Å². The number of ether oxygens (including phenoxy) is 3. The molecule has 0 saturated carbocycles. The molecule has 2 aromatic heterocycles. The fraction of sp³-hybridized carbons (Fsp3) is 0.222. The van der Waals surface area contributed by atoms with Crippen LogP contribution in [0.4, 0.5) is 5.69 Å². The smallest absolute Gasteiger partial charge is 0.277 e.